The molecule has 6 heteroatoms. The summed E-state index contributed by atoms with van der Waals surface area (Å²) in [5.41, 5.74) is 1.46. The lowest BCUT2D eigenvalue weighted by atomic mass is 10.3. The largest absolute Gasteiger partial charge is 0.350 e. The number of nitrogens with zero attached hydrogens (tertiary/aromatic N) is 2. The summed E-state index contributed by atoms with van der Waals surface area (Å²) in [5, 5.41) is 10.4. The molecule has 0 aliphatic rings. The number of nitrogens with one attached hydrogen (secondary N) is 2. The molecule has 5 nitrogen and oxygen atoms in total. The molecule has 0 aliphatic carbocycles. The van der Waals surface area contributed by atoms with E-state index in [0.717, 1.165) is 16.7 Å². The molecule has 0 saturated carbocycles. The van der Waals surface area contributed by atoms with Crippen LogP contribution >= 0.6 is 15.9 Å². The lowest BCUT2D eigenvalue weighted by Gasteiger charge is -2.12. The first kappa shape index (κ1) is 15.7. The normalized spacial score (nSPS) is 12.1. The fraction of sp³-hybridized carbons (Fsp3) is 0.333. The van der Waals surface area contributed by atoms with Gasteiger partial charge in [0.15, 0.2) is 0 Å². The van der Waals surface area contributed by atoms with Gasteiger partial charge in [0.25, 0.3) is 5.91 Å². The van der Waals surface area contributed by atoms with Gasteiger partial charge >= 0.3 is 0 Å². The van der Waals surface area contributed by atoms with E-state index in [1.807, 2.05) is 38.1 Å². The quantitative estimate of drug-likeness (QED) is 0.840. The third-order valence-electron chi connectivity index (χ3n) is 3.04. The lowest BCUT2D eigenvalue weighted by Crippen LogP contribution is -2.38. The molecule has 0 saturated heterocycles. The number of amides is 1. The van der Waals surface area contributed by atoms with Gasteiger partial charge in [0.05, 0.1) is 17.4 Å². The molecule has 0 fully saturated rings. The van der Waals surface area contributed by atoms with Gasteiger partial charge in [-0.3, -0.25) is 4.79 Å². The molecule has 0 bridgehead atoms. The number of hydrogen-bond donors (Lipinski definition) is 2. The smallest absolute Gasteiger partial charge is 0.254 e. The van der Waals surface area contributed by atoms with E-state index in [-0.39, 0.29) is 11.9 Å². The van der Waals surface area contributed by atoms with Crippen LogP contribution in [0, 0.1) is 0 Å². The molecule has 1 amide bonds. The molecule has 1 atom stereocenters. The van der Waals surface area contributed by atoms with E-state index in [1.165, 1.54) is 0 Å². The second-order valence-corrected chi connectivity index (χ2v) is 5.74. The van der Waals surface area contributed by atoms with E-state index < -0.39 is 0 Å². The van der Waals surface area contributed by atoms with Gasteiger partial charge in [-0.1, -0.05) is 28.9 Å². The third-order valence-corrected chi connectivity index (χ3v) is 3.53. The predicted molar refractivity (Wildman–Crippen MR) is 86.7 cm³/mol. The highest BCUT2D eigenvalue weighted by Gasteiger charge is 2.10. The molecular formula is C15H19BrN4O. The summed E-state index contributed by atoms with van der Waals surface area (Å²) in [6.07, 6.45) is 3.31. The molecular weight excluding hydrogens is 332 g/mol. The molecule has 2 aromatic rings. The second kappa shape index (κ2) is 7.38. The standard InChI is InChI=1S/C15H19BrN4O/c1-3-17-11(2)8-18-15(21)12-9-19-20(10-12)14-6-4-5-13(16)7-14/h4-7,9-11,17H,3,8H2,1-2H3,(H,18,21)/t11-/m1/s1. The molecule has 1 aromatic carbocycles. The first-order valence-electron chi connectivity index (χ1n) is 6.92. The zero-order valence-corrected chi connectivity index (χ0v) is 13.7. The summed E-state index contributed by atoms with van der Waals surface area (Å²) in [6, 6.07) is 8.01. The van der Waals surface area contributed by atoms with Gasteiger partial charge in [-0.2, -0.15) is 5.10 Å². The summed E-state index contributed by atoms with van der Waals surface area (Å²) in [7, 11) is 0. The van der Waals surface area contributed by atoms with Gasteiger partial charge < -0.3 is 10.6 Å². The van der Waals surface area contributed by atoms with Crippen molar-refractivity contribution in [3.8, 4) is 5.69 Å². The maximum absolute atomic E-state index is 12.1. The Bertz CT molecular complexity index is 611. The van der Waals surface area contributed by atoms with Crippen molar-refractivity contribution >= 4 is 21.8 Å². The Labute approximate surface area is 132 Å². The first-order chi connectivity index (χ1) is 10.1. The SMILES string of the molecule is CCN[C@H](C)CNC(=O)c1cnn(-c2cccc(Br)c2)c1. The average molecular weight is 351 g/mol. The maximum Gasteiger partial charge on any atom is 0.254 e. The second-order valence-electron chi connectivity index (χ2n) is 4.82. The topological polar surface area (TPSA) is 58.9 Å². The molecule has 1 aromatic heterocycles. The summed E-state index contributed by atoms with van der Waals surface area (Å²) in [5.74, 6) is -0.110. The highest BCUT2D eigenvalue weighted by Crippen LogP contribution is 2.15. The van der Waals surface area contributed by atoms with Gasteiger partial charge in [-0.25, -0.2) is 4.68 Å². The minimum atomic E-state index is -0.110. The zero-order chi connectivity index (χ0) is 15.2. The summed E-state index contributed by atoms with van der Waals surface area (Å²) >= 11 is 3.42. The Hall–Kier alpha value is -1.66. The average Bonchev–Trinajstić information content (AvgIpc) is 2.95. The number of hydrogen-bond acceptors (Lipinski definition) is 3. The summed E-state index contributed by atoms with van der Waals surface area (Å²) in [6.45, 7) is 5.56. The van der Waals surface area contributed by atoms with Crippen LogP contribution in [0.5, 0.6) is 0 Å². The van der Waals surface area contributed by atoms with Crippen LogP contribution < -0.4 is 10.6 Å². The van der Waals surface area contributed by atoms with E-state index in [4.69, 9.17) is 0 Å². The van der Waals surface area contributed by atoms with Gasteiger partial charge in [-0.15, -0.1) is 0 Å². The number of rotatable bonds is 6. The number of likely N-dealkylation sites (N-methyl/N-ethyl adjacent to an activating group) is 1. The number of benzene rings is 1. The fourth-order valence-electron chi connectivity index (χ4n) is 1.97. The summed E-state index contributed by atoms with van der Waals surface area (Å²) in [4.78, 5) is 12.1. The van der Waals surface area contributed by atoms with Crippen LogP contribution in [0.15, 0.2) is 41.1 Å². The number of carbonyl (C=O) groups excluding carboxylic acids is 1. The van der Waals surface area contributed by atoms with Gasteiger partial charge in [0.2, 0.25) is 0 Å². The van der Waals surface area contributed by atoms with Crippen molar-refractivity contribution in [2.24, 2.45) is 0 Å². The molecule has 0 unspecified atom stereocenters. The Kier molecular flexibility index (Phi) is 5.52. The molecule has 21 heavy (non-hydrogen) atoms. The Morgan fingerprint density at radius 3 is 3.00 bits per heavy atom. The highest BCUT2D eigenvalue weighted by atomic mass is 79.9. The number of carbonyl (C=O) groups is 1. The van der Waals surface area contributed by atoms with Crippen LogP contribution in [0.1, 0.15) is 24.2 Å². The van der Waals surface area contributed by atoms with Crippen molar-refractivity contribution in [2.75, 3.05) is 13.1 Å². The Morgan fingerprint density at radius 2 is 2.29 bits per heavy atom. The maximum atomic E-state index is 12.1. The van der Waals surface area contributed by atoms with Crippen molar-refractivity contribution in [2.45, 2.75) is 19.9 Å². The van der Waals surface area contributed by atoms with Crippen LogP contribution in [0.3, 0.4) is 0 Å². The molecule has 0 radical (unpaired) electrons. The molecule has 2 rings (SSSR count). The van der Waals surface area contributed by atoms with E-state index in [2.05, 4.69) is 31.7 Å². The van der Waals surface area contributed by atoms with Crippen molar-refractivity contribution < 1.29 is 4.79 Å². The molecule has 1 heterocycles. The van der Waals surface area contributed by atoms with E-state index >= 15 is 0 Å². The van der Waals surface area contributed by atoms with Crippen molar-refractivity contribution in [3.05, 3.63) is 46.7 Å². The summed E-state index contributed by atoms with van der Waals surface area (Å²) < 4.78 is 2.66. The zero-order valence-electron chi connectivity index (χ0n) is 12.1. The monoisotopic (exact) mass is 350 g/mol. The molecule has 112 valence electrons. The predicted octanol–water partition coefficient (Wildman–Crippen LogP) is 2.36. The van der Waals surface area contributed by atoms with E-state index in [0.29, 0.717) is 12.1 Å². The Balaban J connectivity index is 2.01. The molecule has 0 spiro atoms. The van der Waals surface area contributed by atoms with E-state index in [1.54, 1.807) is 17.1 Å². The minimum absolute atomic E-state index is 0.110. The fourth-order valence-corrected chi connectivity index (χ4v) is 2.36. The molecule has 0 aliphatic heterocycles. The first-order valence-corrected chi connectivity index (χ1v) is 7.71. The van der Waals surface area contributed by atoms with Gasteiger partial charge in [0.1, 0.15) is 0 Å². The van der Waals surface area contributed by atoms with Crippen LogP contribution in [0.25, 0.3) is 5.69 Å². The Morgan fingerprint density at radius 1 is 1.48 bits per heavy atom. The van der Waals surface area contributed by atoms with Crippen LogP contribution in [-0.4, -0.2) is 34.8 Å². The number of aromatic nitrogens is 2. The van der Waals surface area contributed by atoms with Crippen molar-refractivity contribution in [1.29, 1.82) is 0 Å². The number of halogens is 1. The van der Waals surface area contributed by atoms with Gasteiger partial charge in [0, 0.05) is 23.3 Å². The molecule has 2 N–H and O–H groups in total. The lowest BCUT2D eigenvalue weighted by molar-refractivity contribution is 0.0950. The third kappa shape index (κ3) is 4.41. The van der Waals surface area contributed by atoms with Gasteiger partial charge in [-0.05, 0) is 31.7 Å². The highest BCUT2D eigenvalue weighted by molar-refractivity contribution is 9.10. The van der Waals surface area contributed by atoms with E-state index in [9.17, 15) is 4.79 Å². The van der Waals surface area contributed by atoms with Crippen LogP contribution in [0.2, 0.25) is 0 Å². The van der Waals surface area contributed by atoms with Crippen molar-refractivity contribution in [3.63, 3.8) is 0 Å². The van der Waals surface area contributed by atoms with Crippen LogP contribution in [-0.2, 0) is 0 Å². The van der Waals surface area contributed by atoms with Crippen LogP contribution in [0.4, 0.5) is 0 Å². The minimum Gasteiger partial charge on any atom is -0.350 e. The van der Waals surface area contributed by atoms with Crippen molar-refractivity contribution in [1.82, 2.24) is 20.4 Å².